The van der Waals surface area contributed by atoms with Gasteiger partial charge in [-0.05, 0) is 18.6 Å². The highest BCUT2D eigenvalue weighted by Gasteiger charge is 2.24. The fourth-order valence-electron chi connectivity index (χ4n) is 2.53. The number of rotatable bonds is 4. The number of hydrogen-bond donors (Lipinski definition) is 1. The van der Waals surface area contributed by atoms with Gasteiger partial charge in [0.25, 0.3) is 0 Å². The predicted octanol–water partition coefficient (Wildman–Crippen LogP) is 1.38. The minimum absolute atomic E-state index is 0.0123. The molecule has 1 heterocycles. The van der Waals surface area contributed by atoms with Crippen LogP contribution in [-0.4, -0.2) is 80.2 Å². The highest BCUT2D eigenvalue weighted by molar-refractivity contribution is 5.76. The average Bonchev–Trinajstić information content (AvgIpc) is 2.59. The van der Waals surface area contributed by atoms with E-state index < -0.39 is 0 Å². The standard InChI is InChI=1S/C17H26N4O3/c1-14-6-4-5-7-15(14)24-13-8-18-16(22)20-9-11-21(12-10-20)17(23)19(2)3/h4-7H,8-13H2,1-3H3,(H,18,22). The number of carbonyl (C=O) groups is 2. The lowest BCUT2D eigenvalue weighted by Gasteiger charge is -2.35. The number of benzene rings is 1. The molecule has 1 aromatic rings. The van der Waals surface area contributed by atoms with Crippen molar-refractivity contribution in [2.75, 3.05) is 53.4 Å². The fraction of sp³-hybridized carbons (Fsp3) is 0.529. The van der Waals surface area contributed by atoms with Crippen LogP contribution in [0.5, 0.6) is 5.75 Å². The van der Waals surface area contributed by atoms with E-state index in [9.17, 15) is 9.59 Å². The molecule has 7 nitrogen and oxygen atoms in total. The van der Waals surface area contributed by atoms with Gasteiger partial charge in [-0.25, -0.2) is 9.59 Å². The molecule has 2 rings (SSSR count). The van der Waals surface area contributed by atoms with Crippen LogP contribution in [0.4, 0.5) is 9.59 Å². The van der Waals surface area contributed by atoms with Crippen molar-refractivity contribution in [3.05, 3.63) is 29.8 Å². The molecule has 1 saturated heterocycles. The molecule has 1 fully saturated rings. The number of hydrogen-bond acceptors (Lipinski definition) is 3. The Labute approximate surface area is 143 Å². The third-order valence-corrected chi connectivity index (χ3v) is 3.95. The molecule has 0 spiro atoms. The summed E-state index contributed by atoms with van der Waals surface area (Å²) >= 11 is 0. The van der Waals surface area contributed by atoms with E-state index in [1.165, 1.54) is 0 Å². The Hall–Kier alpha value is -2.44. The third kappa shape index (κ3) is 4.78. The van der Waals surface area contributed by atoms with Gasteiger partial charge < -0.3 is 24.8 Å². The third-order valence-electron chi connectivity index (χ3n) is 3.95. The largest absolute Gasteiger partial charge is 0.491 e. The van der Waals surface area contributed by atoms with E-state index >= 15 is 0 Å². The first kappa shape index (κ1) is 17.9. The van der Waals surface area contributed by atoms with Gasteiger partial charge in [-0.2, -0.15) is 0 Å². The molecule has 0 atom stereocenters. The van der Waals surface area contributed by atoms with Crippen molar-refractivity contribution in [3.63, 3.8) is 0 Å². The van der Waals surface area contributed by atoms with E-state index in [0.29, 0.717) is 39.3 Å². The molecule has 0 bridgehead atoms. The molecule has 1 N–H and O–H groups in total. The highest BCUT2D eigenvalue weighted by Crippen LogP contribution is 2.15. The first-order chi connectivity index (χ1) is 11.5. The summed E-state index contributed by atoms with van der Waals surface area (Å²) in [5, 5.41) is 2.86. The Morgan fingerprint density at radius 1 is 1.12 bits per heavy atom. The van der Waals surface area contributed by atoms with Crippen molar-refractivity contribution < 1.29 is 14.3 Å². The van der Waals surface area contributed by atoms with Crippen LogP contribution in [-0.2, 0) is 0 Å². The lowest BCUT2D eigenvalue weighted by molar-refractivity contribution is 0.128. The van der Waals surface area contributed by atoms with Crippen molar-refractivity contribution in [2.45, 2.75) is 6.92 Å². The van der Waals surface area contributed by atoms with Crippen LogP contribution in [0.25, 0.3) is 0 Å². The number of amides is 4. The Balaban J connectivity index is 1.67. The average molecular weight is 334 g/mol. The van der Waals surface area contributed by atoms with E-state index in [-0.39, 0.29) is 12.1 Å². The first-order valence-corrected chi connectivity index (χ1v) is 8.16. The number of urea groups is 2. The van der Waals surface area contributed by atoms with Gasteiger partial charge in [0.05, 0.1) is 6.54 Å². The molecule has 24 heavy (non-hydrogen) atoms. The minimum Gasteiger partial charge on any atom is -0.491 e. The smallest absolute Gasteiger partial charge is 0.319 e. The number of carbonyl (C=O) groups excluding carboxylic acids is 2. The van der Waals surface area contributed by atoms with Crippen molar-refractivity contribution in [1.29, 1.82) is 0 Å². The summed E-state index contributed by atoms with van der Waals surface area (Å²) in [7, 11) is 3.46. The second-order valence-corrected chi connectivity index (χ2v) is 6.00. The van der Waals surface area contributed by atoms with Gasteiger partial charge in [-0.3, -0.25) is 0 Å². The van der Waals surface area contributed by atoms with Crippen molar-refractivity contribution in [1.82, 2.24) is 20.0 Å². The molecule has 0 aliphatic carbocycles. The summed E-state index contributed by atoms with van der Waals surface area (Å²) in [6.07, 6.45) is 0. The van der Waals surface area contributed by atoms with Crippen LogP contribution < -0.4 is 10.1 Å². The van der Waals surface area contributed by atoms with E-state index in [2.05, 4.69) is 5.32 Å². The van der Waals surface area contributed by atoms with E-state index in [1.54, 1.807) is 28.8 Å². The molecule has 0 aromatic heterocycles. The van der Waals surface area contributed by atoms with Crippen LogP contribution in [0.1, 0.15) is 5.56 Å². The van der Waals surface area contributed by atoms with Crippen LogP contribution in [0.2, 0.25) is 0 Å². The van der Waals surface area contributed by atoms with E-state index in [0.717, 1.165) is 11.3 Å². The SMILES string of the molecule is Cc1ccccc1OCCNC(=O)N1CCN(C(=O)N(C)C)CC1. The van der Waals surface area contributed by atoms with Crippen molar-refractivity contribution in [2.24, 2.45) is 0 Å². The topological polar surface area (TPSA) is 65.1 Å². The molecular weight excluding hydrogens is 308 g/mol. The summed E-state index contributed by atoms with van der Waals surface area (Å²) in [5.74, 6) is 0.836. The zero-order valence-electron chi connectivity index (χ0n) is 14.6. The maximum Gasteiger partial charge on any atom is 0.319 e. The van der Waals surface area contributed by atoms with Crippen molar-refractivity contribution in [3.8, 4) is 5.75 Å². The van der Waals surface area contributed by atoms with Crippen molar-refractivity contribution >= 4 is 12.1 Å². The molecule has 1 aromatic carbocycles. The molecule has 4 amide bonds. The van der Waals surface area contributed by atoms with Gasteiger partial charge in [0, 0.05) is 40.3 Å². The second kappa shape index (κ2) is 8.42. The van der Waals surface area contributed by atoms with Gasteiger partial charge in [-0.15, -0.1) is 0 Å². The molecule has 0 saturated carbocycles. The number of ether oxygens (including phenoxy) is 1. The molecular formula is C17H26N4O3. The molecule has 7 heteroatoms. The summed E-state index contributed by atoms with van der Waals surface area (Å²) in [6, 6.07) is 7.67. The minimum atomic E-state index is -0.111. The van der Waals surface area contributed by atoms with Gasteiger partial charge in [0.2, 0.25) is 0 Å². The zero-order valence-corrected chi connectivity index (χ0v) is 14.6. The lowest BCUT2D eigenvalue weighted by Crippen LogP contribution is -2.55. The molecule has 0 unspecified atom stereocenters. The molecule has 1 aliphatic heterocycles. The maximum absolute atomic E-state index is 12.1. The molecule has 132 valence electrons. The second-order valence-electron chi connectivity index (χ2n) is 6.00. The zero-order chi connectivity index (χ0) is 17.5. The number of nitrogens with zero attached hydrogens (tertiary/aromatic N) is 3. The Morgan fingerprint density at radius 3 is 2.38 bits per heavy atom. The number of nitrogens with one attached hydrogen (secondary N) is 1. The fourth-order valence-corrected chi connectivity index (χ4v) is 2.53. The van der Waals surface area contributed by atoms with Gasteiger partial charge in [0.15, 0.2) is 0 Å². The van der Waals surface area contributed by atoms with E-state index in [1.807, 2.05) is 31.2 Å². The number of piperazine rings is 1. The maximum atomic E-state index is 12.1. The number of aryl methyl sites for hydroxylation is 1. The van der Waals surface area contributed by atoms with Crippen LogP contribution in [0.15, 0.2) is 24.3 Å². The molecule has 0 radical (unpaired) electrons. The van der Waals surface area contributed by atoms with Crippen LogP contribution >= 0.6 is 0 Å². The van der Waals surface area contributed by atoms with Crippen LogP contribution in [0.3, 0.4) is 0 Å². The molecule has 1 aliphatic rings. The van der Waals surface area contributed by atoms with Crippen LogP contribution in [0, 0.1) is 6.92 Å². The lowest BCUT2D eigenvalue weighted by atomic mass is 10.2. The van der Waals surface area contributed by atoms with Gasteiger partial charge in [-0.1, -0.05) is 18.2 Å². The highest BCUT2D eigenvalue weighted by atomic mass is 16.5. The predicted molar refractivity (Wildman–Crippen MR) is 92.3 cm³/mol. The Bertz CT molecular complexity index is 569. The monoisotopic (exact) mass is 334 g/mol. The first-order valence-electron chi connectivity index (χ1n) is 8.16. The summed E-state index contributed by atoms with van der Waals surface area (Å²) in [5.41, 5.74) is 1.07. The normalized spacial score (nSPS) is 14.3. The van der Waals surface area contributed by atoms with Gasteiger partial charge >= 0.3 is 12.1 Å². The summed E-state index contributed by atoms with van der Waals surface area (Å²) in [4.78, 5) is 29.0. The van der Waals surface area contributed by atoms with E-state index in [4.69, 9.17) is 4.74 Å². The Kier molecular flexibility index (Phi) is 6.28. The van der Waals surface area contributed by atoms with Gasteiger partial charge in [0.1, 0.15) is 12.4 Å². The quantitative estimate of drug-likeness (QED) is 0.846. The summed E-state index contributed by atoms with van der Waals surface area (Å²) in [6.45, 7) is 5.07. The Morgan fingerprint density at radius 2 is 1.75 bits per heavy atom. The summed E-state index contributed by atoms with van der Waals surface area (Å²) < 4.78 is 5.66. The number of para-hydroxylation sites is 1.